The number of rotatable bonds is 4. The van der Waals surface area contributed by atoms with Gasteiger partial charge in [0.1, 0.15) is 11.4 Å². The standard InChI is InChI=1S/C27H30N2O3/c1-32-23-14-12-20(13-15-23)24-25(28-17-16-19-8-6-7-9-21(19)18-28)27(31)29(26(24)30)22-10-4-2-3-5-11-22/h6-9,12-15,22H,2-5,10-11,16-18H2,1H3. The SMILES string of the molecule is COc1ccc(C2=C(N3CCc4ccccc4C3)C(=O)N(C3CCCCCC3)C2=O)cc1. The van der Waals surface area contributed by atoms with Gasteiger partial charge in [0.05, 0.1) is 12.7 Å². The van der Waals surface area contributed by atoms with Crippen LogP contribution >= 0.6 is 0 Å². The number of nitrogens with zero attached hydrogens (tertiary/aromatic N) is 2. The molecule has 2 amide bonds. The molecule has 0 radical (unpaired) electrons. The van der Waals surface area contributed by atoms with Crippen LogP contribution in [-0.2, 0) is 22.6 Å². The second-order valence-electron chi connectivity index (χ2n) is 9.02. The van der Waals surface area contributed by atoms with Gasteiger partial charge in [-0.2, -0.15) is 0 Å². The first-order valence-corrected chi connectivity index (χ1v) is 11.8. The normalized spacial score (nSPS) is 19.9. The van der Waals surface area contributed by atoms with Crippen LogP contribution in [0.15, 0.2) is 54.2 Å². The summed E-state index contributed by atoms with van der Waals surface area (Å²) >= 11 is 0. The molecule has 5 rings (SSSR count). The molecule has 1 saturated carbocycles. The van der Waals surface area contributed by atoms with Crippen LogP contribution in [0.4, 0.5) is 0 Å². The Morgan fingerprint density at radius 1 is 0.844 bits per heavy atom. The van der Waals surface area contributed by atoms with Crippen molar-refractivity contribution in [3.8, 4) is 5.75 Å². The van der Waals surface area contributed by atoms with Crippen molar-refractivity contribution in [3.05, 3.63) is 70.9 Å². The van der Waals surface area contributed by atoms with E-state index < -0.39 is 0 Å². The number of hydrogen-bond donors (Lipinski definition) is 0. The van der Waals surface area contributed by atoms with Gasteiger partial charge in [-0.1, -0.05) is 62.1 Å². The number of carbonyl (C=O) groups excluding carboxylic acids is 2. The van der Waals surface area contributed by atoms with Gasteiger partial charge in [0.25, 0.3) is 11.8 Å². The van der Waals surface area contributed by atoms with Crippen LogP contribution in [0.5, 0.6) is 5.75 Å². The summed E-state index contributed by atoms with van der Waals surface area (Å²) in [6.07, 6.45) is 7.20. The van der Waals surface area contributed by atoms with Crippen LogP contribution in [0.2, 0.25) is 0 Å². The van der Waals surface area contributed by atoms with Crippen molar-refractivity contribution >= 4 is 17.4 Å². The fourth-order valence-corrected chi connectivity index (χ4v) is 5.38. The Balaban J connectivity index is 1.55. The van der Waals surface area contributed by atoms with Crippen LogP contribution < -0.4 is 4.74 Å². The van der Waals surface area contributed by atoms with Crippen molar-refractivity contribution in [2.45, 2.75) is 57.5 Å². The van der Waals surface area contributed by atoms with Gasteiger partial charge in [0.15, 0.2) is 0 Å². The number of amides is 2. The van der Waals surface area contributed by atoms with Crippen molar-refractivity contribution in [1.82, 2.24) is 9.80 Å². The first-order valence-electron chi connectivity index (χ1n) is 11.8. The molecule has 2 aliphatic heterocycles. The minimum absolute atomic E-state index is 0.000301. The molecule has 166 valence electrons. The van der Waals surface area contributed by atoms with Crippen molar-refractivity contribution in [2.24, 2.45) is 0 Å². The highest BCUT2D eigenvalue weighted by atomic mass is 16.5. The van der Waals surface area contributed by atoms with Gasteiger partial charge in [-0.05, 0) is 48.1 Å². The number of fused-ring (bicyclic) bond motifs is 1. The quantitative estimate of drug-likeness (QED) is 0.527. The van der Waals surface area contributed by atoms with Crippen molar-refractivity contribution in [1.29, 1.82) is 0 Å². The Labute approximate surface area is 189 Å². The van der Waals surface area contributed by atoms with Crippen molar-refractivity contribution in [3.63, 3.8) is 0 Å². The smallest absolute Gasteiger partial charge is 0.278 e. The molecule has 1 fully saturated rings. The van der Waals surface area contributed by atoms with Crippen LogP contribution in [-0.4, -0.2) is 41.3 Å². The third kappa shape index (κ3) is 3.70. The molecule has 5 heteroatoms. The van der Waals surface area contributed by atoms with Crippen molar-refractivity contribution < 1.29 is 14.3 Å². The van der Waals surface area contributed by atoms with E-state index in [9.17, 15) is 9.59 Å². The zero-order chi connectivity index (χ0) is 22.1. The second kappa shape index (κ2) is 8.81. The lowest BCUT2D eigenvalue weighted by molar-refractivity contribution is -0.140. The molecule has 2 heterocycles. The van der Waals surface area contributed by atoms with Gasteiger partial charge in [-0.25, -0.2) is 0 Å². The molecule has 2 aromatic rings. The third-order valence-electron chi connectivity index (χ3n) is 7.11. The molecular formula is C27H30N2O3. The van der Waals surface area contributed by atoms with Gasteiger partial charge in [-0.15, -0.1) is 0 Å². The Hall–Kier alpha value is -3.08. The highest BCUT2D eigenvalue weighted by molar-refractivity contribution is 6.35. The molecule has 0 unspecified atom stereocenters. The van der Waals surface area contributed by atoms with Crippen LogP contribution in [0, 0.1) is 0 Å². The number of imide groups is 1. The molecule has 3 aliphatic rings. The Kier molecular flexibility index (Phi) is 5.73. The Morgan fingerprint density at radius 3 is 2.22 bits per heavy atom. The lowest BCUT2D eigenvalue weighted by Gasteiger charge is -2.32. The summed E-state index contributed by atoms with van der Waals surface area (Å²) in [4.78, 5) is 31.3. The van der Waals surface area contributed by atoms with Gasteiger partial charge >= 0.3 is 0 Å². The van der Waals surface area contributed by atoms with E-state index in [1.807, 2.05) is 30.3 Å². The third-order valence-corrected chi connectivity index (χ3v) is 7.11. The van der Waals surface area contributed by atoms with Crippen LogP contribution in [0.3, 0.4) is 0 Å². The molecule has 2 aromatic carbocycles. The van der Waals surface area contributed by atoms with E-state index in [2.05, 4.69) is 23.1 Å². The molecule has 0 saturated heterocycles. The number of hydrogen-bond acceptors (Lipinski definition) is 4. The van der Waals surface area contributed by atoms with E-state index in [0.29, 0.717) is 17.8 Å². The number of ether oxygens (including phenoxy) is 1. The molecule has 0 atom stereocenters. The molecule has 0 bridgehead atoms. The van der Waals surface area contributed by atoms with Gasteiger partial charge in [0.2, 0.25) is 0 Å². The lowest BCUT2D eigenvalue weighted by Crippen LogP contribution is -2.43. The summed E-state index contributed by atoms with van der Waals surface area (Å²) in [5.74, 6) is 0.480. The molecule has 1 aliphatic carbocycles. The fraction of sp³-hybridized carbons (Fsp3) is 0.407. The van der Waals surface area contributed by atoms with Gasteiger partial charge < -0.3 is 9.64 Å². The zero-order valence-electron chi connectivity index (χ0n) is 18.7. The topological polar surface area (TPSA) is 49.9 Å². The number of carbonyl (C=O) groups is 2. The van der Waals surface area contributed by atoms with E-state index in [4.69, 9.17) is 4.74 Å². The zero-order valence-corrected chi connectivity index (χ0v) is 18.7. The summed E-state index contributed by atoms with van der Waals surface area (Å²) in [5.41, 5.74) is 4.45. The highest BCUT2D eigenvalue weighted by Crippen LogP contribution is 2.37. The average Bonchev–Trinajstić information content (AvgIpc) is 2.98. The van der Waals surface area contributed by atoms with Gasteiger partial charge in [0, 0.05) is 19.1 Å². The predicted molar refractivity (Wildman–Crippen MR) is 124 cm³/mol. The molecule has 0 N–H and O–H groups in total. The average molecular weight is 431 g/mol. The Bertz CT molecular complexity index is 1050. The summed E-state index contributed by atoms with van der Waals surface area (Å²) in [6, 6.07) is 15.9. The number of benzene rings is 2. The van der Waals surface area contributed by atoms with Crippen LogP contribution in [0.25, 0.3) is 5.57 Å². The van der Waals surface area contributed by atoms with E-state index >= 15 is 0 Å². The van der Waals surface area contributed by atoms with Crippen molar-refractivity contribution in [2.75, 3.05) is 13.7 Å². The minimum Gasteiger partial charge on any atom is -0.497 e. The molecule has 0 spiro atoms. The molecule has 0 aromatic heterocycles. The summed E-state index contributed by atoms with van der Waals surface area (Å²) in [6.45, 7) is 1.40. The lowest BCUT2D eigenvalue weighted by atomic mass is 9.98. The fourth-order valence-electron chi connectivity index (χ4n) is 5.38. The predicted octanol–water partition coefficient (Wildman–Crippen LogP) is 4.56. The first-order chi connectivity index (χ1) is 15.7. The monoisotopic (exact) mass is 430 g/mol. The molecule has 32 heavy (non-hydrogen) atoms. The Morgan fingerprint density at radius 2 is 1.53 bits per heavy atom. The van der Waals surface area contributed by atoms with Crippen LogP contribution in [0.1, 0.15) is 55.2 Å². The van der Waals surface area contributed by atoms with Gasteiger partial charge in [-0.3, -0.25) is 14.5 Å². The summed E-state index contributed by atoms with van der Waals surface area (Å²) in [5, 5.41) is 0. The largest absolute Gasteiger partial charge is 0.497 e. The maximum Gasteiger partial charge on any atom is 0.278 e. The maximum absolute atomic E-state index is 13.8. The van der Waals surface area contributed by atoms with E-state index in [1.54, 1.807) is 12.0 Å². The van der Waals surface area contributed by atoms with E-state index in [-0.39, 0.29) is 17.9 Å². The highest BCUT2D eigenvalue weighted by Gasteiger charge is 2.45. The maximum atomic E-state index is 13.8. The molecule has 5 nitrogen and oxygen atoms in total. The minimum atomic E-state index is -0.138. The number of methoxy groups -OCH3 is 1. The molecular weight excluding hydrogens is 400 g/mol. The second-order valence-corrected chi connectivity index (χ2v) is 9.02. The van der Waals surface area contributed by atoms with E-state index in [0.717, 1.165) is 50.0 Å². The summed E-state index contributed by atoms with van der Waals surface area (Å²) in [7, 11) is 1.63. The first kappa shape index (κ1) is 20.8. The van der Waals surface area contributed by atoms with E-state index in [1.165, 1.54) is 24.0 Å². The summed E-state index contributed by atoms with van der Waals surface area (Å²) < 4.78 is 5.30.